The third-order valence-electron chi connectivity index (χ3n) is 5.29. The molecule has 0 spiro atoms. The zero-order valence-corrected chi connectivity index (χ0v) is 15.9. The van der Waals surface area contributed by atoms with Crippen LogP contribution in [0, 0.1) is 17.6 Å². The Labute approximate surface area is 167 Å². The summed E-state index contributed by atoms with van der Waals surface area (Å²) < 4.78 is 26.6. The number of alkyl halides is 1. The third-order valence-corrected chi connectivity index (χ3v) is 5.52. The van der Waals surface area contributed by atoms with E-state index in [2.05, 4.69) is 5.10 Å². The Morgan fingerprint density at radius 3 is 2.39 bits per heavy atom. The molecule has 2 aromatic rings. The van der Waals surface area contributed by atoms with Crippen LogP contribution in [0.25, 0.3) is 6.08 Å². The van der Waals surface area contributed by atoms with Gasteiger partial charge in [0.05, 0.1) is 11.8 Å². The molecule has 1 fully saturated rings. The lowest BCUT2D eigenvalue weighted by Crippen LogP contribution is -2.32. The summed E-state index contributed by atoms with van der Waals surface area (Å²) in [6.45, 7) is 0. The maximum atomic E-state index is 13.4. The van der Waals surface area contributed by atoms with Crippen LogP contribution in [-0.4, -0.2) is 22.5 Å². The van der Waals surface area contributed by atoms with Gasteiger partial charge in [0.25, 0.3) is 5.91 Å². The van der Waals surface area contributed by atoms with Crippen molar-refractivity contribution in [1.82, 2.24) is 5.01 Å². The highest BCUT2D eigenvalue weighted by atomic mass is 35.5. The van der Waals surface area contributed by atoms with Crippen LogP contribution in [0.5, 0.6) is 0 Å². The second-order valence-corrected chi connectivity index (χ2v) is 7.34. The van der Waals surface area contributed by atoms with Gasteiger partial charge in [0.1, 0.15) is 17.5 Å². The van der Waals surface area contributed by atoms with E-state index in [9.17, 15) is 13.6 Å². The molecule has 3 nitrogen and oxygen atoms in total. The number of nitrogens with zero attached hydrogens (tertiary/aromatic N) is 2. The number of rotatable bonds is 3. The summed E-state index contributed by atoms with van der Waals surface area (Å²) in [5, 5.41) is 6.08. The lowest BCUT2D eigenvalue weighted by molar-refractivity contribution is -0.130. The number of carbonyl (C=O) groups excluding carboxylic acids is 1. The van der Waals surface area contributed by atoms with Crippen LogP contribution in [0.4, 0.5) is 8.78 Å². The zero-order valence-electron chi connectivity index (χ0n) is 15.1. The Kier molecular flexibility index (Phi) is 5.27. The maximum absolute atomic E-state index is 13.4. The first kappa shape index (κ1) is 18.8. The molecular weight excluding hydrogens is 382 g/mol. The van der Waals surface area contributed by atoms with Gasteiger partial charge in [-0.05, 0) is 66.3 Å². The predicted octanol–water partition coefficient (Wildman–Crippen LogP) is 5.33. The Morgan fingerprint density at radius 2 is 1.75 bits per heavy atom. The molecule has 2 aliphatic rings. The SMILES string of the molecule is O=C(CCl)N1N=C2/C(=C/c3ccc(F)cc3)CCC[C@H]2[C@H]1c1ccc(F)cc1. The highest BCUT2D eigenvalue weighted by Gasteiger charge is 2.43. The molecule has 2 atom stereocenters. The van der Waals surface area contributed by atoms with Crippen molar-refractivity contribution in [2.24, 2.45) is 11.0 Å². The van der Waals surface area contributed by atoms with Gasteiger partial charge in [0.2, 0.25) is 0 Å². The first-order valence-corrected chi connectivity index (χ1v) is 9.79. The minimum Gasteiger partial charge on any atom is -0.272 e. The monoisotopic (exact) mass is 400 g/mol. The summed E-state index contributed by atoms with van der Waals surface area (Å²) in [6.07, 6.45) is 4.68. The molecule has 0 saturated heterocycles. The quantitative estimate of drug-likeness (QED) is 0.641. The Hall–Kier alpha value is -2.53. The van der Waals surface area contributed by atoms with E-state index in [0.29, 0.717) is 0 Å². The molecule has 4 rings (SSSR count). The summed E-state index contributed by atoms with van der Waals surface area (Å²) in [7, 11) is 0. The molecule has 0 aromatic heterocycles. The van der Waals surface area contributed by atoms with Crippen molar-refractivity contribution in [3.05, 3.63) is 76.9 Å². The molecule has 0 radical (unpaired) electrons. The van der Waals surface area contributed by atoms with Crippen molar-refractivity contribution in [3.8, 4) is 0 Å². The average molecular weight is 401 g/mol. The van der Waals surface area contributed by atoms with Gasteiger partial charge in [-0.3, -0.25) is 4.79 Å². The molecule has 2 aromatic carbocycles. The van der Waals surface area contributed by atoms with Gasteiger partial charge in [0.15, 0.2) is 0 Å². The van der Waals surface area contributed by atoms with E-state index in [1.165, 1.54) is 29.3 Å². The fourth-order valence-corrected chi connectivity index (χ4v) is 4.14. The van der Waals surface area contributed by atoms with Gasteiger partial charge in [-0.2, -0.15) is 5.10 Å². The zero-order chi connectivity index (χ0) is 19.7. The van der Waals surface area contributed by atoms with Crippen LogP contribution >= 0.6 is 11.6 Å². The normalized spacial score (nSPS) is 22.9. The first-order chi connectivity index (χ1) is 13.6. The van der Waals surface area contributed by atoms with E-state index >= 15 is 0 Å². The number of hydrogen-bond donors (Lipinski definition) is 0. The summed E-state index contributed by atoms with van der Waals surface area (Å²) in [5.74, 6) is -1.02. The summed E-state index contributed by atoms with van der Waals surface area (Å²) in [4.78, 5) is 12.5. The second-order valence-electron chi connectivity index (χ2n) is 7.07. The summed E-state index contributed by atoms with van der Waals surface area (Å²) >= 11 is 5.82. The van der Waals surface area contributed by atoms with Gasteiger partial charge < -0.3 is 0 Å². The minimum absolute atomic E-state index is 0.0260. The molecule has 1 aliphatic carbocycles. The van der Waals surface area contributed by atoms with E-state index < -0.39 is 0 Å². The Balaban J connectivity index is 1.73. The number of hydrogen-bond acceptors (Lipinski definition) is 2. The molecule has 0 bridgehead atoms. The lowest BCUT2D eigenvalue weighted by atomic mass is 9.77. The largest absolute Gasteiger partial charge is 0.272 e. The molecule has 0 unspecified atom stereocenters. The van der Waals surface area contributed by atoms with Crippen LogP contribution in [-0.2, 0) is 4.79 Å². The molecule has 28 heavy (non-hydrogen) atoms. The first-order valence-electron chi connectivity index (χ1n) is 9.25. The number of amides is 1. The number of benzene rings is 2. The van der Waals surface area contributed by atoms with Crippen LogP contribution in [0.15, 0.2) is 59.2 Å². The van der Waals surface area contributed by atoms with Crippen molar-refractivity contribution in [2.75, 3.05) is 5.88 Å². The number of allylic oxidation sites excluding steroid dienone is 1. The maximum Gasteiger partial charge on any atom is 0.258 e. The van der Waals surface area contributed by atoms with Crippen molar-refractivity contribution >= 4 is 29.3 Å². The van der Waals surface area contributed by atoms with Crippen molar-refractivity contribution in [2.45, 2.75) is 25.3 Å². The van der Waals surface area contributed by atoms with Gasteiger partial charge in [0, 0.05) is 5.92 Å². The number of hydrazone groups is 1. The van der Waals surface area contributed by atoms with Crippen molar-refractivity contribution in [1.29, 1.82) is 0 Å². The standard InChI is InChI=1S/C22H19ClF2N2O/c23-13-20(28)27-22(15-6-10-18(25)11-7-15)19-3-1-2-16(21(19)26-27)12-14-4-8-17(24)9-5-14/h4-12,19,22H,1-3,13H2/b16-12+/t19-,22-/m1/s1. The summed E-state index contributed by atoms with van der Waals surface area (Å²) in [5.41, 5.74) is 3.63. The Bertz CT molecular complexity index is 938. The van der Waals surface area contributed by atoms with Gasteiger partial charge in [-0.1, -0.05) is 24.3 Å². The van der Waals surface area contributed by atoms with Crippen molar-refractivity contribution in [3.63, 3.8) is 0 Å². The Morgan fingerprint density at radius 1 is 1.11 bits per heavy atom. The number of halogens is 3. The summed E-state index contributed by atoms with van der Waals surface area (Å²) in [6, 6.07) is 12.2. The molecule has 1 amide bonds. The van der Waals surface area contributed by atoms with Crippen LogP contribution < -0.4 is 0 Å². The molecule has 6 heteroatoms. The van der Waals surface area contributed by atoms with Crippen molar-refractivity contribution < 1.29 is 13.6 Å². The fraction of sp³-hybridized carbons (Fsp3) is 0.273. The molecule has 1 aliphatic heterocycles. The predicted molar refractivity (Wildman–Crippen MR) is 106 cm³/mol. The third kappa shape index (κ3) is 3.59. The number of fused-ring (bicyclic) bond motifs is 1. The second kappa shape index (κ2) is 7.84. The van der Waals surface area contributed by atoms with Gasteiger partial charge in [-0.25, -0.2) is 13.8 Å². The topological polar surface area (TPSA) is 32.7 Å². The number of carbonyl (C=O) groups is 1. The fourth-order valence-electron chi connectivity index (χ4n) is 4.02. The molecular formula is C22H19ClF2N2O. The lowest BCUT2D eigenvalue weighted by Gasteiger charge is -2.29. The molecule has 144 valence electrons. The van der Waals surface area contributed by atoms with Crippen LogP contribution in [0.1, 0.15) is 36.4 Å². The van der Waals surface area contributed by atoms with E-state index in [-0.39, 0.29) is 35.4 Å². The van der Waals surface area contributed by atoms with E-state index in [0.717, 1.165) is 41.7 Å². The van der Waals surface area contributed by atoms with Crippen LogP contribution in [0.2, 0.25) is 0 Å². The highest BCUT2D eigenvalue weighted by Crippen LogP contribution is 2.44. The van der Waals surface area contributed by atoms with Crippen LogP contribution in [0.3, 0.4) is 0 Å². The van der Waals surface area contributed by atoms with Gasteiger partial charge in [-0.15, -0.1) is 11.6 Å². The molecule has 0 N–H and O–H groups in total. The van der Waals surface area contributed by atoms with E-state index in [1.807, 2.05) is 6.08 Å². The smallest absolute Gasteiger partial charge is 0.258 e. The van der Waals surface area contributed by atoms with Gasteiger partial charge >= 0.3 is 0 Å². The molecule has 1 heterocycles. The van der Waals surface area contributed by atoms with E-state index in [4.69, 9.17) is 11.6 Å². The van der Waals surface area contributed by atoms with E-state index in [1.54, 1.807) is 24.3 Å². The minimum atomic E-state index is -0.321. The molecule has 1 saturated carbocycles. The highest BCUT2D eigenvalue weighted by molar-refractivity contribution is 6.27. The average Bonchev–Trinajstić information content (AvgIpc) is 3.10.